The van der Waals surface area contributed by atoms with Crippen molar-refractivity contribution in [2.75, 3.05) is 17.2 Å². The minimum Gasteiger partial charge on any atom is -0.489 e. The summed E-state index contributed by atoms with van der Waals surface area (Å²) < 4.78 is 11.0. The molecule has 0 aliphatic heterocycles. The van der Waals surface area contributed by atoms with E-state index in [2.05, 4.69) is 20.6 Å². The zero-order chi connectivity index (χ0) is 20.6. The highest BCUT2D eigenvalue weighted by atomic mass is 16.5. The number of benzene rings is 2. The van der Waals surface area contributed by atoms with E-state index in [1.807, 2.05) is 44.2 Å². The Bertz CT molecular complexity index is 976. The highest BCUT2D eigenvalue weighted by Gasteiger charge is 2.13. The average molecular weight is 392 g/mol. The van der Waals surface area contributed by atoms with Gasteiger partial charge in [-0.25, -0.2) is 14.8 Å². The molecule has 0 aliphatic carbocycles. The van der Waals surface area contributed by atoms with E-state index >= 15 is 0 Å². The molecular formula is C22H24N4O3. The van der Waals surface area contributed by atoms with Gasteiger partial charge in [0, 0.05) is 6.07 Å². The van der Waals surface area contributed by atoms with Crippen molar-refractivity contribution >= 4 is 29.0 Å². The van der Waals surface area contributed by atoms with E-state index in [9.17, 15) is 4.79 Å². The summed E-state index contributed by atoms with van der Waals surface area (Å²) in [5.41, 5.74) is 1.86. The molecule has 3 aromatic rings. The lowest BCUT2D eigenvalue weighted by Gasteiger charge is -2.15. The Kier molecular flexibility index (Phi) is 6.63. The second kappa shape index (κ2) is 9.54. The van der Waals surface area contributed by atoms with Gasteiger partial charge in [-0.3, -0.25) is 0 Å². The van der Waals surface area contributed by atoms with Crippen LogP contribution in [0.3, 0.4) is 0 Å². The molecule has 2 aromatic carbocycles. The van der Waals surface area contributed by atoms with Gasteiger partial charge in [0.05, 0.1) is 29.6 Å². The molecule has 7 heteroatoms. The number of carbonyl (C=O) groups is 1. The molecule has 1 aromatic heterocycles. The molecule has 150 valence electrons. The van der Waals surface area contributed by atoms with Crippen molar-refractivity contribution in [2.24, 2.45) is 0 Å². The maximum Gasteiger partial charge on any atom is 0.340 e. The van der Waals surface area contributed by atoms with Crippen LogP contribution >= 0.6 is 0 Å². The van der Waals surface area contributed by atoms with Gasteiger partial charge in [0.25, 0.3) is 0 Å². The summed E-state index contributed by atoms with van der Waals surface area (Å²) in [7, 11) is 0. The number of nitrogens with zero attached hydrogens (tertiary/aromatic N) is 2. The molecule has 0 radical (unpaired) electrons. The zero-order valence-electron chi connectivity index (χ0n) is 16.7. The number of nitrogens with one attached hydrogen (secondary N) is 2. The predicted octanol–water partition coefficient (Wildman–Crippen LogP) is 4.93. The van der Waals surface area contributed by atoms with Crippen LogP contribution in [0.2, 0.25) is 0 Å². The maximum atomic E-state index is 12.2. The molecule has 1 heterocycles. The van der Waals surface area contributed by atoms with Crippen LogP contribution in [0.5, 0.6) is 5.75 Å². The van der Waals surface area contributed by atoms with Crippen LogP contribution < -0.4 is 15.4 Å². The van der Waals surface area contributed by atoms with Crippen molar-refractivity contribution in [3.8, 4) is 5.75 Å². The smallest absolute Gasteiger partial charge is 0.340 e. The Hall–Kier alpha value is -3.61. The molecule has 0 saturated heterocycles. The fraction of sp³-hybridized carbons (Fsp3) is 0.227. The van der Waals surface area contributed by atoms with Crippen LogP contribution in [0.25, 0.3) is 0 Å². The van der Waals surface area contributed by atoms with E-state index in [1.54, 1.807) is 31.2 Å². The lowest BCUT2D eigenvalue weighted by molar-refractivity contribution is 0.0527. The van der Waals surface area contributed by atoms with Crippen LogP contribution in [0.15, 0.2) is 60.9 Å². The molecule has 0 unspecified atom stereocenters. The first-order valence-electron chi connectivity index (χ1n) is 9.44. The topological polar surface area (TPSA) is 85.4 Å². The van der Waals surface area contributed by atoms with Gasteiger partial charge in [-0.2, -0.15) is 0 Å². The summed E-state index contributed by atoms with van der Waals surface area (Å²) in [4.78, 5) is 20.7. The molecule has 0 bridgehead atoms. The Morgan fingerprint density at radius 3 is 2.28 bits per heavy atom. The molecule has 7 nitrogen and oxygen atoms in total. The highest BCUT2D eigenvalue weighted by molar-refractivity contribution is 5.96. The van der Waals surface area contributed by atoms with E-state index in [4.69, 9.17) is 9.47 Å². The van der Waals surface area contributed by atoms with E-state index in [1.165, 1.54) is 6.33 Å². The molecule has 3 rings (SSSR count). The Labute approximate surface area is 170 Å². The first-order chi connectivity index (χ1) is 14.1. The van der Waals surface area contributed by atoms with Gasteiger partial charge in [0.1, 0.15) is 23.7 Å². The maximum absolute atomic E-state index is 12.2. The fourth-order valence-electron chi connectivity index (χ4n) is 2.68. The van der Waals surface area contributed by atoms with E-state index in [-0.39, 0.29) is 12.1 Å². The monoisotopic (exact) mass is 392 g/mol. The highest BCUT2D eigenvalue weighted by Crippen LogP contribution is 2.28. The number of ether oxygens (including phenoxy) is 2. The number of esters is 1. The van der Waals surface area contributed by atoms with E-state index < -0.39 is 0 Å². The summed E-state index contributed by atoms with van der Waals surface area (Å²) >= 11 is 0. The third kappa shape index (κ3) is 5.44. The first-order valence-corrected chi connectivity index (χ1v) is 9.44. The molecule has 0 amide bonds. The molecule has 0 aliphatic rings. The normalized spacial score (nSPS) is 10.5. The van der Waals surface area contributed by atoms with E-state index in [0.717, 1.165) is 11.4 Å². The van der Waals surface area contributed by atoms with Crippen LogP contribution in [0.4, 0.5) is 23.0 Å². The van der Waals surface area contributed by atoms with Crippen molar-refractivity contribution in [3.05, 3.63) is 66.5 Å². The van der Waals surface area contributed by atoms with Gasteiger partial charge in [-0.1, -0.05) is 24.3 Å². The number of hydrogen-bond acceptors (Lipinski definition) is 7. The summed E-state index contributed by atoms with van der Waals surface area (Å²) in [5, 5.41) is 6.42. The van der Waals surface area contributed by atoms with Gasteiger partial charge in [0.2, 0.25) is 0 Å². The molecular weight excluding hydrogens is 368 g/mol. The zero-order valence-corrected chi connectivity index (χ0v) is 16.7. The van der Waals surface area contributed by atoms with Gasteiger partial charge in [0.15, 0.2) is 0 Å². The van der Waals surface area contributed by atoms with E-state index in [0.29, 0.717) is 29.5 Å². The number of anilines is 4. The molecule has 0 saturated carbocycles. The van der Waals surface area contributed by atoms with Gasteiger partial charge in [-0.15, -0.1) is 0 Å². The molecule has 0 fully saturated rings. The van der Waals surface area contributed by atoms with Gasteiger partial charge < -0.3 is 20.1 Å². The van der Waals surface area contributed by atoms with Crippen LogP contribution in [0.1, 0.15) is 31.1 Å². The molecule has 0 atom stereocenters. The van der Waals surface area contributed by atoms with Crippen molar-refractivity contribution in [2.45, 2.75) is 26.9 Å². The summed E-state index contributed by atoms with van der Waals surface area (Å²) in [5.74, 6) is 1.49. The van der Waals surface area contributed by atoms with Crippen LogP contribution in [-0.2, 0) is 4.74 Å². The molecule has 2 N–H and O–H groups in total. The largest absolute Gasteiger partial charge is 0.489 e. The lowest BCUT2D eigenvalue weighted by atomic mass is 10.2. The number of hydrogen-bond donors (Lipinski definition) is 2. The molecule has 29 heavy (non-hydrogen) atoms. The first kappa shape index (κ1) is 20.1. The van der Waals surface area contributed by atoms with Crippen molar-refractivity contribution in [1.82, 2.24) is 9.97 Å². The Morgan fingerprint density at radius 1 is 0.966 bits per heavy atom. The molecule has 0 spiro atoms. The van der Waals surface area contributed by atoms with Crippen molar-refractivity contribution in [1.29, 1.82) is 0 Å². The van der Waals surface area contributed by atoms with Gasteiger partial charge in [-0.05, 0) is 45.0 Å². The predicted molar refractivity (Wildman–Crippen MR) is 113 cm³/mol. The quantitative estimate of drug-likeness (QED) is 0.526. The standard InChI is InChI=1S/C22H24N4O3/c1-4-28-22(27)16-9-5-6-10-17(16)25-20-13-21(24-14-23-20)26-18-11-7-8-12-19(18)29-15(2)3/h5-15H,4H2,1-3H3,(H2,23,24,25,26). The SMILES string of the molecule is CCOC(=O)c1ccccc1Nc1cc(Nc2ccccc2OC(C)C)ncn1. The number of aromatic nitrogens is 2. The number of carbonyl (C=O) groups excluding carboxylic acids is 1. The minimum atomic E-state index is -0.386. The van der Waals surface area contributed by atoms with Crippen molar-refractivity contribution < 1.29 is 14.3 Å². The van der Waals surface area contributed by atoms with Gasteiger partial charge >= 0.3 is 5.97 Å². The Morgan fingerprint density at radius 2 is 1.59 bits per heavy atom. The number of para-hydroxylation sites is 3. The average Bonchev–Trinajstić information content (AvgIpc) is 2.70. The van der Waals surface area contributed by atoms with Crippen molar-refractivity contribution in [3.63, 3.8) is 0 Å². The summed E-state index contributed by atoms with van der Waals surface area (Å²) in [6.45, 7) is 6.04. The third-order valence-electron chi connectivity index (χ3n) is 3.86. The Balaban J connectivity index is 1.81. The van der Waals surface area contributed by atoms with Crippen LogP contribution in [0, 0.1) is 0 Å². The summed E-state index contributed by atoms with van der Waals surface area (Å²) in [6, 6.07) is 16.6. The second-order valence-electron chi connectivity index (χ2n) is 6.47. The second-order valence-corrected chi connectivity index (χ2v) is 6.47. The minimum absolute atomic E-state index is 0.0555. The number of rotatable bonds is 8. The fourth-order valence-corrected chi connectivity index (χ4v) is 2.68. The third-order valence-corrected chi connectivity index (χ3v) is 3.86. The lowest BCUT2D eigenvalue weighted by Crippen LogP contribution is -2.09. The van der Waals surface area contributed by atoms with Crippen LogP contribution in [-0.4, -0.2) is 28.6 Å². The summed E-state index contributed by atoms with van der Waals surface area (Å²) in [6.07, 6.45) is 1.50.